The van der Waals surface area contributed by atoms with E-state index >= 15 is 0 Å². The first-order chi connectivity index (χ1) is 7.54. The molecule has 1 rings (SSSR count). The van der Waals surface area contributed by atoms with Gasteiger partial charge in [-0.3, -0.25) is 9.59 Å². The molecule has 1 aromatic rings. The zero-order chi connectivity index (χ0) is 12.1. The van der Waals surface area contributed by atoms with Crippen LogP contribution in [0, 0.1) is 0 Å². The van der Waals surface area contributed by atoms with Crippen LogP contribution >= 0.6 is 35.2 Å². The Bertz CT molecular complexity index is 391. The normalized spacial score (nSPS) is 10.2. The summed E-state index contributed by atoms with van der Waals surface area (Å²) in [6.07, 6.45) is 0. The minimum Gasteiger partial charge on any atom is -0.276 e. The zero-order valence-corrected chi connectivity index (χ0v) is 9.80. The second-order valence-electron chi connectivity index (χ2n) is 2.52. The van der Waals surface area contributed by atoms with Gasteiger partial charge in [0.2, 0.25) is 0 Å². The van der Waals surface area contributed by atoms with Crippen LogP contribution in [-0.4, -0.2) is 15.7 Å². The van der Waals surface area contributed by atoms with Gasteiger partial charge in [0.05, 0.1) is 12.0 Å². The highest BCUT2D eigenvalue weighted by atomic mass is 35.5. The molecule has 1 N–H and O–H groups in total. The first-order valence-corrected chi connectivity index (χ1v) is 5.24. The first-order valence-electron chi connectivity index (χ1n) is 3.74. The minimum atomic E-state index is -0.744. The summed E-state index contributed by atoms with van der Waals surface area (Å²) in [5, 5.41) is 9.84. The molecule has 0 aliphatic rings. The van der Waals surface area contributed by atoms with Crippen molar-refractivity contribution in [2.45, 2.75) is 4.90 Å². The van der Waals surface area contributed by atoms with Crippen LogP contribution in [0.15, 0.2) is 23.1 Å². The van der Waals surface area contributed by atoms with Gasteiger partial charge in [-0.1, -0.05) is 5.04 Å². The van der Waals surface area contributed by atoms with Gasteiger partial charge in [0.25, 0.3) is 10.5 Å². The number of carbonyl (C=O) groups is 2. The Morgan fingerprint density at radius 3 is 2.00 bits per heavy atom. The lowest BCUT2D eigenvalue weighted by atomic mass is 10.1. The minimum absolute atomic E-state index is 0.0807. The maximum atomic E-state index is 10.9. The molecule has 5 nitrogen and oxygen atoms in total. The molecule has 0 atom stereocenters. The van der Waals surface area contributed by atoms with Crippen molar-refractivity contribution in [2.75, 3.05) is 0 Å². The fraction of sp³-hybridized carbons (Fsp3) is 0. The Morgan fingerprint density at radius 1 is 1.12 bits per heavy atom. The molecule has 0 bridgehead atoms. The molecule has 16 heavy (non-hydrogen) atoms. The van der Waals surface area contributed by atoms with E-state index in [1.165, 1.54) is 18.2 Å². The second-order valence-corrected chi connectivity index (χ2v) is 3.98. The molecular weight excluding hydrogens is 279 g/mol. The smallest absolute Gasteiger partial charge is 0.252 e. The van der Waals surface area contributed by atoms with Gasteiger partial charge in [-0.25, -0.2) is 5.26 Å². The molecule has 0 aliphatic carbocycles. The third-order valence-electron chi connectivity index (χ3n) is 1.52. The molecule has 0 amide bonds. The summed E-state index contributed by atoms with van der Waals surface area (Å²) in [6.45, 7) is 0. The Morgan fingerprint density at radius 2 is 1.62 bits per heavy atom. The van der Waals surface area contributed by atoms with Gasteiger partial charge in [-0.05, 0) is 41.4 Å². The molecule has 1 aromatic carbocycles. The van der Waals surface area contributed by atoms with E-state index in [0.717, 1.165) is 0 Å². The Balaban J connectivity index is 3.08. The van der Waals surface area contributed by atoms with Gasteiger partial charge >= 0.3 is 0 Å². The van der Waals surface area contributed by atoms with E-state index in [9.17, 15) is 9.59 Å². The van der Waals surface area contributed by atoms with Crippen molar-refractivity contribution >= 4 is 45.7 Å². The molecule has 0 aromatic heterocycles. The molecule has 0 fully saturated rings. The largest absolute Gasteiger partial charge is 0.276 e. The van der Waals surface area contributed by atoms with Gasteiger partial charge in [0.1, 0.15) is 0 Å². The number of benzene rings is 1. The second kappa shape index (κ2) is 6.19. The number of hydrogen-bond donors (Lipinski definition) is 1. The van der Waals surface area contributed by atoms with Crippen molar-refractivity contribution in [3.8, 4) is 0 Å². The van der Waals surface area contributed by atoms with Gasteiger partial charge < -0.3 is 0 Å². The summed E-state index contributed by atoms with van der Waals surface area (Å²) in [5.74, 6) is 0. The van der Waals surface area contributed by atoms with Gasteiger partial charge in [0.15, 0.2) is 0 Å². The molecular formula is C8H4Cl2O5S. The number of carbonyl (C=O) groups excluding carboxylic acids is 2. The molecule has 8 heteroatoms. The molecule has 0 unspecified atom stereocenters. The van der Waals surface area contributed by atoms with E-state index < -0.39 is 10.5 Å². The average molecular weight is 283 g/mol. The quantitative estimate of drug-likeness (QED) is 0.387. The van der Waals surface area contributed by atoms with E-state index in [4.69, 9.17) is 28.5 Å². The summed E-state index contributed by atoms with van der Waals surface area (Å²) in [6, 6.07) is 3.94. The van der Waals surface area contributed by atoms with Gasteiger partial charge in [-0.15, -0.1) is 4.33 Å². The van der Waals surface area contributed by atoms with Gasteiger partial charge in [0, 0.05) is 16.0 Å². The van der Waals surface area contributed by atoms with Crippen molar-refractivity contribution in [2.24, 2.45) is 0 Å². The molecule has 0 saturated heterocycles. The zero-order valence-electron chi connectivity index (χ0n) is 7.48. The Kier molecular flexibility index (Phi) is 5.20. The molecule has 0 radical (unpaired) electrons. The maximum absolute atomic E-state index is 10.9. The van der Waals surface area contributed by atoms with Crippen molar-refractivity contribution in [1.82, 2.24) is 0 Å². The van der Waals surface area contributed by atoms with Crippen LogP contribution in [0.5, 0.6) is 0 Å². The highest BCUT2D eigenvalue weighted by Crippen LogP contribution is 2.24. The van der Waals surface area contributed by atoms with E-state index in [-0.39, 0.29) is 11.1 Å². The van der Waals surface area contributed by atoms with E-state index in [2.05, 4.69) is 9.37 Å². The lowest BCUT2D eigenvalue weighted by Crippen LogP contribution is -1.96. The lowest BCUT2D eigenvalue weighted by molar-refractivity contribution is -0.432. The molecule has 0 spiro atoms. The molecule has 0 heterocycles. The van der Waals surface area contributed by atoms with E-state index in [0.29, 0.717) is 16.9 Å². The number of rotatable bonds is 5. The molecule has 0 aliphatic heterocycles. The average Bonchev–Trinajstić information content (AvgIpc) is 2.25. The summed E-state index contributed by atoms with van der Waals surface area (Å²) < 4.78 is 4.15. The van der Waals surface area contributed by atoms with E-state index in [1.54, 1.807) is 0 Å². The highest BCUT2D eigenvalue weighted by molar-refractivity contribution is 7.94. The van der Waals surface area contributed by atoms with Crippen molar-refractivity contribution in [1.29, 1.82) is 0 Å². The van der Waals surface area contributed by atoms with Crippen LogP contribution in [0.4, 0.5) is 0 Å². The Labute approximate surface area is 104 Å². The van der Waals surface area contributed by atoms with Crippen LogP contribution < -0.4 is 0 Å². The summed E-state index contributed by atoms with van der Waals surface area (Å²) in [4.78, 5) is 22.2. The van der Waals surface area contributed by atoms with Crippen LogP contribution in [0.3, 0.4) is 0 Å². The standard InChI is InChI=1S/C8H4Cl2O5S/c9-7(11)4-1-5(8(10)12)3-6(2-4)16-15-14-13/h1-3,13H. The third kappa shape index (κ3) is 3.75. The molecule has 0 saturated carbocycles. The van der Waals surface area contributed by atoms with Crippen molar-refractivity contribution in [3.05, 3.63) is 29.3 Å². The number of halogens is 2. The van der Waals surface area contributed by atoms with Crippen molar-refractivity contribution < 1.29 is 24.2 Å². The van der Waals surface area contributed by atoms with Crippen LogP contribution in [0.2, 0.25) is 0 Å². The summed E-state index contributed by atoms with van der Waals surface area (Å²) in [5.41, 5.74) is 0.161. The lowest BCUT2D eigenvalue weighted by Gasteiger charge is -2.02. The maximum Gasteiger partial charge on any atom is 0.252 e. The van der Waals surface area contributed by atoms with Crippen LogP contribution in [0.25, 0.3) is 0 Å². The monoisotopic (exact) mass is 282 g/mol. The molecule has 86 valence electrons. The van der Waals surface area contributed by atoms with Crippen molar-refractivity contribution in [3.63, 3.8) is 0 Å². The Hall–Kier alpha value is -0.630. The predicted octanol–water partition coefficient (Wildman–Crippen LogP) is 2.87. The van der Waals surface area contributed by atoms with E-state index in [1.807, 2.05) is 0 Å². The fourth-order valence-electron chi connectivity index (χ4n) is 0.929. The topological polar surface area (TPSA) is 72.8 Å². The summed E-state index contributed by atoms with van der Waals surface area (Å²) in [7, 11) is 0. The fourth-order valence-corrected chi connectivity index (χ4v) is 1.61. The van der Waals surface area contributed by atoms with Gasteiger partial charge in [-0.2, -0.15) is 0 Å². The third-order valence-corrected chi connectivity index (χ3v) is 2.51. The predicted molar refractivity (Wildman–Crippen MR) is 57.5 cm³/mol. The van der Waals surface area contributed by atoms with Crippen LogP contribution in [-0.2, 0) is 9.37 Å². The van der Waals surface area contributed by atoms with Crippen LogP contribution in [0.1, 0.15) is 20.7 Å². The first kappa shape index (κ1) is 13.4. The SMILES string of the molecule is O=C(Cl)c1cc(SOOO)cc(C(=O)Cl)c1. The number of hydrogen-bond acceptors (Lipinski definition) is 6. The highest BCUT2D eigenvalue weighted by Gasteiger charge is 2.11. The summed E-state index contributed by atoms with van der Waals surface area (Å²) >= 11 is 11.1.